The molecule has 0 aromatic heterocycles. The second-order valence-corrected chi connectivity index (χ2v) is 19.1. The van der Waals surface area contributed by atoms with E-state index in [1.807, 2.05) is 37.8 Å². The van der Waals surface area contributed by atoms with Crippen LogP contribution in [0.2, 0.25) is 0 Å². The summed E-state index contributed by atoms with van der Waals surface area (Å²) in [4.78, 5) is 0. The van der Waals surface area contributed by atoms with E-state index in [0.29, 0.717) is 47.9 Å². The lowest BCUT2D eigenvalue weighted by molar-refractivity contribution is -0.368. The number of phenolic OH excluding ortho intramolecular Hbond substituents is 1. The van der Waals surface area contributed by atoms with Gasteiger partial charge < -0.3 is 28.2 Å². The summed E-state index contributed by atoms with van der Waals surface area (Å²) < 4.78 is 245. The van der Waals surface area contributed by atoms with E-state index in [2.05, 4.69) is 23.1 Å². The van der Waals surface area contributed by atoms with E-state index in [1.54, 1.807) is 45.9 Å². The van der Waals surface area contributed by atoms with Crippen LogP contribution >= 0.6 is 0 Å². The Morgan fingerprint density at radius 3 is 1.05 bits per heavy atom. The third kappa shape index (κ3) is 13.8. The average molecular weight is 1140 g/mol. The molecule has 0 aliphatic carbocycles. The third-order valence-electron chi connectivity index (χ3n) is 13.1. The number of alkyl halides is 15. The summed E-state index contributed by atoms with van der Waals surface area (Å²) in [5.74, 6) is 6.14. The zero-order valence-corrected chi connectivity index (χ0v) is 43.9. The molecule has 0 spiro atoms. The van der Waals surface area contributed by atoms with Crippen LogP contribution in [0.15, 0.2) is 72.8 Å². The minimum Gasteiger partial charge on any atom is -0.508 e. The van der Waals surface area contributed by atoms with Crippen molar-refractivity contribution in [1.82, 2.24) is 0 Å². The highest BCUT2D eigenvalue weighted by molar-refractivity contribution is 7.88. The van der Waals surface area contributed by atoms with Crippen LogP contribution in [0.5, 0.6) is 11.5 Å². The molecule has 0 aliphatic rings. The lowest BCUT2D eigenvalue weighted by Gasteiger charge is -2.34. The van der Waals surface area contributed by atoms with Gasteiger partial charge in [0.1, 0.15) is 25.1 Å². The molecule has 0 unspecified atom stereocenters. The number of aromatic hydroxyl groups is 1. The number of methoxy groups -OCH3 is 2. The average Bonchev–Trinajstić information content (AvgIpc) is 3.31. The summed E-state index contributed by atoms with van der Waals surface area (Å²) in [6.45, 7) is 11.1. The molecule has 77 heavy (non-hydrogen) atoms. The SMILES string of the molecule is CCC(CC)(c1ccc(C#CC(OCOC)(C(F)(F)F)C(F)(F)F)c(C)c1)c1ccc(OS(=O)(=O)C(F)(F)F)c(C)c1.CCC(CC)(c1ccc(O)c(C)c1)c1ccc(C#CC(OCOC)(C(F)(F)F)C(F)(F)F)c(C)c1. The monoisotopic (exact) mass is 1140 g/mol. The zero-order chi connectivity index (χ0) is 59.0. The highest BCUT2D eigenvalue weighted by Gasteiger charge is 2.73. The standard InChI is InChI=1S/C27H27F9O5S.C26H28F6O3/c1-6-23(7-2,21-10-11-22(18(4)15-21)41-42(37,38)27(34,35)36)20-9-8-19(17(3)14-20)12-13-24(25(28,29)30,26(31,32)33)40-16-39-5;1-6-23(7-2,21-10-11-22(33)18(4)15-21)20-9-8-19(17(3)14-20)12-13-24(25(27,28)29,26(30,31)32)35-16-34-5/h8-11,14-15H,6-7,16H2,1-5H3;8-11,14-15,33H,6-7,16H2,1-5H3. The van der Waals surface area contributed by atoms with Gasteiger partial charge in [0, 0.05) is 36.2 Å². The molecular formula is C53H55F15O8S. The van der Waals surface area contributed by atoms with Crippen molar-refractivity contribution in [2.75, 3.05) is 27.8 Å². The zero-order valence-electron chi connectivity index (χ0n) is 43.1. The molecule has 0 heterocycles. The van der Waals surface area contributed by atoms with Crippen LogP contribution in [0, 0.1) is 51.4 Å². The number of aryl methyl sites for hydroxylation is 4. The Bertz CT molecular complexity index is 2880. The van der Waals surface area contributed by atoms with Gasteiger partial charge in [-0.05, 0) is 134 Å². The van der Waals surface area contributed by atoms with Crippen molar-refractivity contribution in [3.63, 3.8) is 0 Å². The van der Waals surface area contributed by atoms with Gasteiger partial charge in [-0.2, -0.15) is 74.3 Å². The second-order valence-electron chi connectivity index (χ2n) is 17.6. The summed E-state index contributed by atoms with van der Waals surface area (Å²) in [7, 11) is -4.14. The molecule has 0 fully saturated rings. The van der Waals surface area contributed by atoms with Gasteiger partial charge in [0.25, 0.3) is 0 Å². The van der Waals surface area contributed by atoms with Crippen molar-refractivity contribution in [3.8, 4) is 35.2 Å². The van der Waals surface area contributed by atoms with Gasteiger partial charge >= 0.3 is 51.5 Å². The lowest BCUT2D eigenvalue weighted by Crippen LogP contribution is -2.58. The van der Waals surface area contributed by atoms with Gasteiger partial charge in [0.05, 0.1) is 0 Å². The molecule has 1 N–H and O–H groups in total. The fourth-order valence-corrected chi connectivity index (χ4v) is 8.96. The van der Waals surface area contributed by atoms with Gasteiger partial charge in [-0.25, -0.2) is 0 Å². The normalized spacial score (nSPS) is 13.2. The molecule has 0 saturated carbocycles. The van der Waals surface area contributed by atoms with Crippen molar-refractivity contribution in [1.29, 1.82) is 0 Å². The molecule has 8 nitrogen and oxygen atoms in total. The van der Waals surface area contributed by atoms with Gasteiger partial charge in [-0.15, -0.1) is 0 Å². The summed E-state index contributed by atoms with van der Waals surface area (Å²) in [6.07, 6.45) is -21.4. The molecule has 24 heteroatoms. The van der Waals surface area contributed by atoms with Crippen molar-refractivity contribution in [2.45, 2.75) is 133 Å². The number of hydrogen-bond donors (Lipinski definition) is 1. The Labute approximate surface area is 436 Å². The van der Waals surface area contributed by atoms with Gasteiger partial charge in [-0.1, -0.05) is 88.1 Å². The predicted molar refractivity (Wildman–Crippen MR) is 254 cm³/mol. The van der Waals surface area contributed by atoms with Crippen LogP contribution in [0.1, 0.15) is 109 Å². The van der Waals surface area contributed by atoms with Crippen molar-refractivity contribution in [3.05, 3.63) is 128 Å². The predicted octanol–water partition coefficient (Wildman–Crippen LogP) is 14.4. The highest BCUT2D eigenvalue weighted by atomic mass is 32.2. The molecule has 0 saturated heterocycles. The van der Waals surface area contributed by atoms with Crippen LogP contribution in [-0.2, 0) is 39.9 Å². The molecule has 0 aliphatic heterocycles. The molecule has 4 rings (SSSR count). The topological polar surface area (TPSA) is 101 Å². The van der Waals surface area contributed by atoms with E-state index in [-0.39, 0.29) is 28.0 Å². The summed E-state index contributed by atoms with van der Waals surface area (Å²) in [5, 5.41) is 9.91. The molecule has 4 aromatic rings. The Morgan fingerprint density at radius 1 is 0.468 bits per heavy atom. The fourth-order valence-electron chi connectivity index (χ4n) is 8.44. The first-order chi connectivity index (χ1) is 35.3. The van der Waals surface area contributed by atoms with Gasteiger partial charge in [0.15, 0.2) is 0 Å². The molecule has 0 amide bonds. The minimum atomic E-state index is -5.95. The van der Waals surface area contributed by atoms with Crippen LogP contribution in [0.3, 0.4) is 0 Å². The number of halogens is 15. The number of ether oxygens (including phenoxy) is 4. The van der Waals surface area contributed by atoms with E-state index in [1.165, 1.54) is 62.1 Å². The molecule has 0 atom stereocenters. The maximum absolute atomic E-state index is 13.6. The largest absolute Gasteiger partial charge is 0.534 e. The maximum Gasteiger partial charge on any atom is 0.534 e. The highest BCUT2D eigenvalue weighted by Crippen LogP contribution is 2.48. The third-order valence-corrected chi connectivity index (χ3v) is 14.0. The van der Waals surface area contributed by atoms with E-state index in [0.717, 1.165) is 31.4 Å². The van der Waals surface area contributed by atoms with Crippen LogP contribution in [0.4, 0.5) is 65.9 Å². The Balaban J connectivity index is 0.000000412. The number of benzene rings is 4. The minimum absolute atomic E-state index is 0.00985. The van der Waals surface area contributed by atoms with Crippen molar-refractivity contribution >= 4 is 10.1 Å². The molecular weight excluding hydrogens is 1080 g/mol. The molecule has 426 valence electrons. The molecule has 4 aromatic carbocycles. The van der Waals surface area contributed by atoms with E-state index < -0.39 is 81.7 Å². The molecule has 0 radical (unpaired) electrons. The van der Waals surface area contributed by atoms with E-state index >= 15 is 0 Å². The number of hydrogen-bond acceptors (Lipinski definition) is 8. The van der Waals surface area contributed by atoms with E-state index in [9.17, 15) is 79.4 Å². The van der Waals surface area contributed by atoms with E-state index in [4.69, 9.17) is 0 Å². The first-order valence-electron chi connectivity index (χ1n) is 23.0. The summed E-state index contributed by atoms with van der Waals surface area (Å²) in [5.41, 5.74) is -12.2. The Kier molecular flexibility index (Phi) is 20.9. The second kappa shape index (κ2) is 24.6. The van der Waals surface area contributed by atoms with Crippen molar-refractivity contribution < 1.29 is 103 Å². The molecule has 0 bridgehead atoms. The first kappa shape index (κ1) is 65.6. The summed E-state index contributed by atoms with van der Waals surface area (Å²) >= 11 is 0. The van der Waals surface area contributed by atoms with Crippen LogP contribution < -0.4 is 4.18 Å². The number of phenols is 1. The number of rotatable bonds is 16. The van der Waals surface area contributed by atoms with Crippen LogP contribution in [0.25, 0.3) is 0 Å². The van der Waals surface area contributed by atoms with Crippen LogP contribution in [-0.4, -0.2) is 82.7 Å². The van der Waals surface area contributed by atoms with Crippen molar-refractivity contribution in [2.24, 2.45) is 0 Å². The maximum atomic E-state index is 13.6. The quantitative estimate of drug-likeness (QED) is 0.0389. The van der Waals surface area contributed by atoms with Gasteiger partial charge in [0.2, 0.25) is 0 Å². The summed E-state index contributed by atoms with van der Waals surface area (Å²) in [6, 6.07) is 18.3. The Morgan fingerprint density at radius 2 is 0.779 bits per heavy atom. The Hall–Kier alpha value is -5.66. The lowest BCUT2D eigenvalue weighted by atomic mass is 9.70. The van der Waals surface area contributed by atoms with Gasteiger partial charge in [-0.3, -0.25) is 0 Å². The smallest absolute Gasteiger partial charge is 0.508 e. The first-order valence-corrected chi connectivity index (χ1v) is 24.4. The fraction of sp³-hybridized carbons (Fsp3) is 0.472.